The number of hydrogen-bond acceptors (Lipinski definition) is 7. The van der Waals surface area contributed by atoms with Crippen molar-refractivity contribution in [3.63, 3.8) is 0 Å². The summed E-state index contributed by atoms with van der Waals surface area (Å²) in [6.45, 7) is 6.54. The monoisotopic (exact) mass is 468 g/mol. The van der Waals surface area contributed by atoms with Crippen LogP contribution in [0.5, 0.6) is 0 Å². The van der Waals surface area contributed by atoms with E-state index in [1.807, 2.05) is 35.7 Å². The maximum atomic E-state index is 13.1. The van der Waals surface area contributed by atoms with Crippen LogP contribution in [-0.4, -0.2) is 53.0 Å². The first kappa shape index (κ1) is 23.2. The second kappa shape index (κ2) is 10.7. The van der Waals surface area contributed by atoms with Crippen molar-refractivity contribution < 1.29 is 18.7 Å². The van der Waals surface area contributed by atoms with Crippen LogP contribution in [0, 0.1) is 0 Å². The molecule has 0 bridgehead atoms. The van der Waals surface area contributed by atoms with Gasteiger partial charge >= 0.3 is 0 Å². The fraction of sp³-hybridized carbons (Fsp3) is 0.375. The predicted molar refractivity (Wildman–Crippen MR) is 126 cm³/mol. The van der Waals surface area contributed by atoms with Crippen LogP contribution in [0.2, 0.25) is 0 Å². The normalized spacial score (nSPS) is 19.7. The fourth-order valence-corrected chi connectivity index (χ4v) is 4.67. The predicted octanol–water partition coefficient (Wildman–Crippen LogP) is 3.33. The second-order valence-electron chi connectivity index (χ2n) is 8.28. The van der Waals surface area contributed by atoms with E-state index in [0.717, 1.165) is 24.3 Å². The number of nitrogens with zero attached hydrogens (tertiary/aromatic N) is 2. The van der Waals surface area contributed by atoms with Gasteiger partial charge in [0, 0.05) is 31.4 Å². The van der Waals surface area contributed by atoms with E-state index < -0.39 is 11.9 Å². The first-order valence-electron chi connectivity index (χ1n) is 11.0. The molecular weight excluding hydrogens is 440 g/mol. The number of amides is 2. The molecule has 0 aliphatic carbocycles. The smallest absolute Gasteiger partial charge is 0.287 e. The highest BCUT2D eigenvalue weighted by Crippen LogP contribution is 2.20. The number of morpholine rings is 1. The summed E-state index contributed by atoms with van der Waals surface area (Å²) in [6.07, 6.45) is 2.14. The van der Waals surface area contributed by atoms with Gasteiger partial charge in [-0.1, -0.05) is 30.3 Å². The quantitative estimate of drug-likeness (QED) is 0.527. The van der Waals surface area contributed by atoms with E-state index in [4.69, 9.17) is 9.15 Å². The Balaban J connectivity index is 1.41. The van der Waals surface area contributed by atoms with E-state index in [9.17, 15) is 9.59 Å². The lowest BCUT2D eigenvalue weighted by Crippen LogP contribution is -2.45. The number of furan rings is 1. The van der Waals surface area contributed by atoms with Gasteiger partial charge in [0.1, 0.15) is 6.04 Å². The van der Waals surface area contributed by atoms with Gasteiger partial charge in [-0.15, -0.1) is 11.3 Å². The Morgan fingerprint density at radius 1 is 1.15 bits per heavy atom. The molecule has 0 unspecified atom stereocenters. The van der Waals surface area contributed by atoms with Gasteiger partial charge in [0.15, 0.2) is 10.9 Å². The minimum absolute atomic E-state index is 0.159. The molecule has 3 atom stereocenters. The number of nitrogens with one attached hydrogen (secondary N) is 2. The van der Waals surface area contributed by atoms with Gasteiger partial charge in [0.25, 0.3) is 5.91 Å². The van der Waals surface area contributed by atoms with Crippen molar-refractivity contribution in [3.8, 4) is 0 Å². The molecule has 8 nitrogen and oxygen atoms in total. The van der Waals surface area contributed by atoms with Crippen LogP contribution in [-0.2, 0) is 22.5 Å². The third-order valence-corrected chi connectivity index (χ3v) is 6.12. The Bertz CT molecular complexity index is 1040. The molecule has 33 heavy (non-hydrogen) atoms. The number of ether oxygens (including phenoxy) is 1. The molecule has 1 aromatic carbocycles. The molecule has 4 rings (SSSR count). The zero-order chi connectivity index (χ0) is 23.2. The lowest BCUT2D eigenvalue weighted by Gasteiger charge is -2.34. The Morgan fingerprint density at radius 2 is 1.91 bits per heavy atom. The summed E-state index contributed by atoms with van der Waals surface area (Å²) in [5, 5.41) is 8.11. The van der Waals surface area contributed by atoms with Crippen molar-refractivity contribution in [2.24, 2.45) is 0 Å². The number of benzene rings is 1. The Labute approximate surface area is 197 Å². The Hall–Kier alpha value is -3.01. The number of carbonyl (C=O) groups excluding carboxylic acids is 2. The summed E-state index contributed by atoms with van der Waals surface area (Å²) in [4.78, 5) is 32.5. The highest BCUT2D eigenvalue weighted by Gasteiger charge is 2.25. The maximum absolute atomic E-state index is 13.1. The van der Waals surface area contributed by atoms with Gasteiger partial charge < -0.3 is 19.8 Å². The average molecular weight is 469 g/mol. The van der Waals surface area contributed by atoms with E-state index in [1.165, 1.54) is 17.6 Å². The summed E-state index contributed by atoms with van der Waals surface area (Å²) in [6, 6.07) is 12.0. The molecule has 2 aromatic heterocycles. The molecule has 2 amide bonds. The van der Waals surface area contributed by atoms with Crippen LogP contribution < -0.4 is 10.6 Å². The standard InChI is InChI=1S/C24H28N4O4S/c1-16-12-28(13-17(2)32-16)14-19-15-33-24(25-19)27-22(29)20(11-18-7-4-3-5-8-18)26-23(30)21-9-6-10-31-21/h3-10,15-17,20H,11-14H2,1-2H3,(H,26,30)(H,25,27,29)/t16-,17-,20-/m1/s1. The van der Waals surface area contributed by atoms with Crippen LogP contribution in [0.15, 0.2) is 58.5 Å². The second-order valence-corrected chi connectivity index (χ2v) is 9.14. The van der Waals surface area contributed by atoms with Crippen LogP contribution in [0.4, 0.5) is 5.13 Å². The molecule has 9 heteroatoms. The molecule has 0 radical (unpaired) electrons. The summed E-state index contributed by atoms with van der Waals surface area (Å²) in [5.41, 5.74) is 1.84. The minimum Gasteiger partial charge on any atom is -0.459 e. The molecule has 1 saturated heterocycles. The first-order valence-corrected chi connectivity index (χ1v) is 11.9. The van der Waals surface area contributed by atoms with Crippen LogP contribution in [0.3, 0.4) is 0 Å². The van der Waals surface area contributed by atoms with E-state index >= 15 is 0 Å². The lowest BCUT2D eigenvalue weighted by molar-refractivity contribution is -0.118. The molecule has 3 aromatic rings. The van der Waals surface area contributed by atoms with E-state index in [1.54, 1.807) is 12.1 Å². The first-order chi connectivity index (χ1) is 16.0. The maximum Gasteiger partial charge on any atom is 0.287 e. The number of thiazole rings is 1. The molecular formula is C24H28N4O4S. The third kappa shape index (κ3) is 6.50. The summed E-state index contributed by atoms with van der Waals surface area (Å²) in [7, 11) is 0. The highest BCUT2D eigenvalue weighted by atomic mass is 32.1. The number of hydrogen-bond donors (Lipinski definition) is 2. The molecule has 1 fully saturated rings. The molecule has 3 heterocycles. The van der Waals surface area contributed by atoms with E-state index in [0.29, 0.717) is 18.1 Å². The molecule has 174 valence electrons. The number of anilines is 1. The van der Waals surface area contributed by atoms with E-state index in [2.05, 4.69) is 34.4 Å². The highest BCUT2D eigenvalue weighted by molar-refractivity contribution is 7.13. The minimum atomic E-state index is -0.779. The SMILES string of the molecule is C[C@@H]1CN(Cc2csc(NC(=O)[C@@H](Cc3ccccc3)NC(=O)c3ccco3)n2)C[C@@H](C)O1. The van der Waals surface area contributed by atoms with Crippen LogP contribution in [0.25, 0.3) is 0 Å². The van der Waals surface area contributed by atoms with Gasteiger partial charge in [0.05, 0.1) is 24.2 Å². The zero-order valence-corrected chi connectivity index (χ0v) is 19.5. The fourth-order valence-electron chi connectivity index (χ4n) is 3.97. The van der Waals surface area contributed by atoms with Crippen molar-refractivity contribution >= 4 is 28.3 Å². The number of aromatic nitrogens is 1. The lowest BCUT2D eigenvalue weighted by atomic mass is 10.1. The average Bonchev–Trinajstić information content (AvgIpc) is 3.46. The van der Waals surface area contributed by atoms with Crippen molar-refractivity contribution in [3.05, 3.63) is 71.1 Å². The summed E-state index contributed by atoms with van der Waals surface area (Å²) >= 11 is 1.38. The van der Waals surface area contributed by atoms with Gasteiger partial charge in [-0.2, -0.15) is 0 Å². The molecule has 2 N–H and O–H groups in total. The molecule has 1 aliphatic rings. The zero-order valence-electron chi connectivity index (χ0n) is 18.7. The Kier molecular flexibility index (Phi) is 7.54. The van der Waals surface area contributed by atoms with Gasteiger partial charge in [-0.05, 0) is 31.5 Å². The van der Waals surface area contributed by atoms with Gasteiger partial charge in [0.2, 0.25) is 5.91 Å². The van der Waals surface area contributed by atoms with Crippen molar-refractivity contribution in [1.82, 2.24) is 15.2 Å². The van der Waals surface area contributed by atoms with E-state index in [-0.39, 0.29) is 23.9 Å². The van der Waals surface area contributed by atoms with Gasteiger partial charge in [-0.3, -0.25) is 14.5 Å². The number of carbonyl (C=O) groups is 2. The molecule has 1 aliphatic heterocycles. The largest absolute Gasteiger partial charge is 0.459 e. The van der Waals surface area contributed by atoms with Crippen LogP contribution >= 0.6 is 11.3 Å². The van der Waals surface area contributed by atoms with Crippen molar-refractivity contribution in [1.29, 1.82) is 0 Å². The summed E-state index contributed by atoms with van der Waals surface area (Å²) in [5.74, 6) is -0.605. The number of rotatable bonds is 8. The third-order valence-electron chi connectivity index (χ3n) is 5.31. The topological polar surface area (TPSA) is 96.7 Å². The van der Waals surface area contributed by atoms with Crippen LogP contribution in [0.1, 0.15) is 35.7 Å². The summed E-state index contributed by atoms with van der Waals surface area (Å²) < 4.78 is 11.0. The van der Waals surface area contributed by atoms with Crippen molar-refractivity contribution in [2.45, 2.75) is 45.1 Å². The molecule has 0 saturated carbocycles. The Morgan fingerprint density at radius 3 is 2.61 bits per heavy atom. The molecule has 0 spiro atoms. The van der Waals surface area contributed by atoms with Crippen molar-refractivity contribution in [2.75, 3.05) is 18.4 Å². The van der Waals surface area contributed by atoms with Gasteiger partial charge in [-0.25, -0.2) is 4.98 Å².